The van der Waals surface area contributed by atoms with Crippen molar-refractivity contribution in [3.8, 4) is 5.75 Å². The standard InChI is InChI=1S/C23H31ClN2O2.2ClH/c1-14-11-20(24)26-18-12-17-19(13-16(14)18)28-23(2,3)22(27)21(17)25-10-9-15-7-5-4-6-8-15;;/h11-13,15,21-22,25,27H,4-10H2,1-3H3;2*1H/t21-,22+;;/m0../s1. The van der Waals surface area contributed by atoms with Gasteiger partial charge in [0.25, 0.3) is 0 Å². The molecule has 2 N–H and O–H groups in total. The van der Waals surface area contributed by atoms with Crippen molar-refractivity contribution in [1.82, 2.24) is 10.3 Å². The molecule has 4 nitrogen and oxygen atoms in total. The summed E-state index contributed by atoms with van der Waals surface area (Å²) in [6.07, 6.45) is 7.31. The lowest BCUT2D eigenvalue weighted by atomic mass is 9.84. The molecule has 1 fully saturated rings. The van der Waals surface area contributed by atoms with Gasteiger partial charge in [0, 0.05) is 10.9 Å². The number of fused-ring (bicyclic) bond motifs is 2. The van der Waals surface area contributed by atoms with Crippen molar-refractivity contribution in [3.63, 3.8) is 0 Å². The third-order valence-corrected chi connectivity index (χ3v) is 6.69. The van der Waals surface area contributed by atoms with Crippen LogP contribution in [0.4, 0.5) is 0 Å². The summed E-state index contributed by atoms with van der Waals surface area (Å²) in [4.78, 5) is 4.49. The molecule has 0 unspecified atom stereocenters. The van der Waals surface area contributed by atoms with Crippen molar-refractivity contribution >= 4 is 47.3 Å². The van der Waals surface area contributed by atoms with Crippen molar-refractivity contribution in [2.75, 3.05) is 6.54 Å². The number of hydrogen-bond acceptors (Lipinski definition) is 4. The SMILES string of the molecule is Cc1cc(Cl)nc2cc3c(cc12)OC(C)(C)[C@H](O)[C@H]3NCCC1CCCCC1.Cl.Cl. The van der Waals surface area contributed by atoms with Gasteiger partial charge in [0.2, 0.25) is 0 Å². The summed E-state index contributed by atoms with van der Waals surface area (Å²) in [5.74, 6) is 1.63. The summed E-state index contributed by atoms with van der Waals surface area (Å²) < 4.78 is 6.20. The molecule has 0 saturated heterocycles. The number of pyridine rings is 1. The van der Waals surface area contributed by atoms with E-state index in [0.717, 1.165) is 46.7 Å². The molecule has 2 aromatic rings. The summed E-state index contributed by atoms with van der Waals surface area (Å²) in [5, 5.41) is 16.2. The highest BCUT2D eigenvalue weighted by Gasteiger charge is 2.43. The average Bonchev–Trinajstić information content (AvgIpc) is 2.65. The highest BCUT2D eigenvalue weighted by atomic mass is 35.5. The number of rotatable bonds is 4. The Hall–Kier alpha value is -0.780. The number of aryl methyl sites for hydroxylation is 1. The van der Waals surface area contributed by atoms with Crippen LogP contribution in [-0.4, -0.2) is 28.3 Å². The minimum atomic E-state index is -0.656. The maximum Gasteiger partial charge on any atom is 0.131 e. The topological polar surface area (TPSA) is 54.4 Å². The van der Waals surface area contributed by atoms with Crippen LogP contribution in [0.2, 0.25) is 5.15 Å². The Balaban J connectivity index is 0.00000160. The molecule has 0 spiro atoms. The molecule has 4 rings (SSSR count). The Labute approximate surface area is 196 Å². The summed E-state index contributed by atoms with van der Waals surface area (Å²) in [5.41, 5.74) is 2.24. The monoisotopic (exact) mass is 474 g/mol. The Morgan fingerprint density at radius 3 is 2.57 bits per heavy atom. The van der Waals surface area contributed by atoms with E-state index in [1.165, 1.54) is 32.1 Å². The molecule has 30 heavy (non-hydrogen) atoms. The van der Waals surface area contributed by atoms with Gasteiger partial charge < -0.3 is 15.2 Å². The van der Waals surface area contributed by atoms with Crippen molar-refractivity contribution < 1.29 is 9.84 Å². The van der Waals surface area contributed by atoms with E-state index in [9.17, 15) is 5.11 Å². The highest BCUT2D eigenvalue weighted by molar-refractivity contribution is 6.29. The molecule has 0 amide bonds. The lowest BCUT2D eigenvalue weighted by Gasteiger charge is -2.42. The van der Waals surface area contributed by atoms with E-state index in [0.29, 0.717) is 5.15 Å². The van der Waals surface area contributed by atoms with E-state index in [1.807, 2.05) is 39.0 Å². The van der Waals surface area contributed by atoms with E-state index in [2.05, 4.69) is 10.3 Å². The zero-order valence-electron chi connectivity index (χ0n) is 17.9. The van der Waals surface area contributed by atoms with E-state index in [-0.39, 0.29) is 30.9 Å². The summed E-state index contributed by atoms with van der Waals surface area (Å²) in [6.45, 7) is 6.84. The number of nitrogens with zero attached hydrogens (tertiary/aromatic N) is 1. The van der Waals surface area contributed by atoms with Crippen molar-refractivity contribution in [2.45, 2.75) is 77.0 Å². The largest absolute Gasteiger partial charge is 0.485 e. The van der Waals surface area contributed by atoms with Gasteiger partial charge in [-0.1, -0.05) is 43.7 Å². The fourth-order valence-electron chi connectivity index (χ4n) is 4.78. The van der Waals surface area contributed by atoms with E-state index < -0.39 is 11.7 Å². The Bertz CT molecular complexity index is 869. The van der Waals surface area contributed by atoms with Gasteiger partial charge in [-0.15, -0.1) is 24.8 Å². The first kappa shape index (κ1) is 25.5. The summed E-state index contributed by atoms with van der Waals surface area (Å²) in [6, 6.07) is 5.78. The molecule has 1 aromatic carbocycles. The smallest absolute Gasteiger partial charge is 0.131 e. The molecule has 2 heterocycles. The normalized spacial score (nSPS) is 23.1. The molecule has 1 aromatic heterocycles. The first-order valence-electron chi connectivity index (χ1n) is 10.6. The van der Waals surface area contributed by atoms with Crippen LogP contribution in [0, 0.1) is 12.8 Å². The number of hydrogen-bond donors (Lipinski definition) is 2. The van der Waals surface area contributed by atoms with Gasteiger partial charge in [-0.3, -0.25) is 0 Å². The quantitative estimate of drug-likeness (QED) is 0.519. The molecule has 1 aliphatic heterocycles. The fourth-order valence-corrected chi connectivity index (χ4v) is 5.04. The van der Waals surface area contributed by atoms with Crippen molar-refractivity contribution in [2.24, 2.45) is 5.92 Å². The molecule has 168 valence electrons. The van der Waals surface area contributed by atoms with E-state index >= 15 is 0 Å². The zero-order chi connectivity index (χ0) is 19.9. The maximum atomic E-state index is 11.0. The second kappa shape index (κ2) is 10.2. The van der Waals surface area contributed by atoms with Crippen molar-refractivity contribution in [3.05, 3.63) is 34.5 Å². The van der Waals surface area contributed by atoms with Crippen LogP contribution < -0.4 is 10.1 Å². The zero-order valence-corrected chi connectivity index (χ0v) is 20.3. The molecule has 2 atom stereocenters. The fraction of sp³-hybridized carbons (Fsp3) is 0.609. The Morgan fingerprint density at radius 2 is 1.87 bits per heavy atom. The predicted molar refractivity (Wildman–Crippen MR) is 129 cm³/mol. The van der Waals surface area contributed by atoms with Gasteiger partial charge in [-0.2, -0.15) is 0 Å². The molecule has 1 saturated carbocycles. The van der Waals surface area contributed by atoms with Crippen LogP contribution in [0.15, 0.2) is 18.2 Å². The molecule has 0 bridgehead atoms. The van der Waals surface area contributed by atoms with Gasteiger partial charge in [0.05, 0.1) is 11.6 Å². The maximum absolute atomic E-state index is 11.0. The van der Waals surface area contributed by atoms with Crippen LogP contribution in [-0.2, 0) is 0 Å². The number of aliphatic hydroxyl groups excluding tert-OH is 1. The number of ether oxygens (including phenoxy) is 1. The Kier molecular flexibility index (Phi) is 8.68. The van der Waals surface area contributed by atoms with Crippen LogP contribution >= 0.6 is 36.4 Å². The molecule has 1 aliphatic carbocycles. The number of nitrogens with one attached hydrogen (secondary N) is 1. The second-order valence-electron chi connectivity index (χ2n) is 9.04. The molecule has 2 aliphatic rings. The average molecular weight is 476 g/mol. The van der Waals surface area contributed by atoms with Crippen molar-refractivity contribution in [1.29, 1.82) is 0 Å². The number of halogens is 3. The first-order valence-corrected chi connectivity index (χ1v) is 10.9. The number of aromatic nitrogens is 1. The number of aliphatic hydroxyl groups is 1. The summed E-state index contributed by atoms with van der Waals surface area (Å²) in [7, 11) is 0. The minimum Gasteiger partial charge on any atom is -0.485 e. The molecule has 0 radical (unpaired) electrons. The van der Waals surface area contributed by atoms with Gasteiger partial charge in [-0.05, 0) is 63.4 Å². The molecule has 7 heteroatoms. The van der Waals surface area contributed by atoms with E-state index in [1.54, 1.807) is 0 Å². The van der Waals surface area contributed by atoms with Crippen LogP contribution in [0.1, 0.15) is 69.5 Å². The third kappa shape index (κ3) is 5.16. The Morgan fingerprint density at radius 1 is 1.17 bits per heavy atom. The highest BCUT2D eigenvalue weighted by Crippen LogP contribution is 2.42. The lowest BCUT2D eigenvalue weighted by molar-refractivity contribution is -0.0645. The van der Waals surface area contributed by atoms with Gasteiger partial charge in [-0.25, -0.2) is 4.98 Å². The second-order valence-corrected chi connectivity index (χ2v) is 9.43. The molecular formula is C23H33Cl3N2O2. The van der Waals surface area contributed by atoms with Gasteiger partial charge in [0.15, 0.2) is 0 Å². The molecular weight excluding hydrogens is 443 g/mol. The minimum absolute atomic E-state index is 0. The predicted octanol–water partition coefficient (Wildman–Crippen LogP) is 6.17. The van der Waals surface area contributed by atoms with Crippen LogP contribution in [0.3, 0.4) is 0 Å². The summed E-state index contributed by atoms with van der Waals surface area (Å²) >= 11 is 6.18. The lowest BCUT2D eigenvalue weighted by Crippen LogP contribution is -2.52. The van der Waals surface area contributed by atoms with Gasteiger partial charge >= 0.3 is 0 Å². The number of benzene rings is 1. The van der Waals surface area contributed by atoms with Gasteiger partial charge in [0.1, 0.15) is 22.6 Å². The third-order valence-electron chi connectivity index (χ3n) is 6.49. The van der Waals surface area contributed by atoms with Crippen LogP contribution in [0.25, 0.3) is 10.9 Å². The first-order chi connectivity index (χ1) is 13.3. The van der Waals surface area contributed by atoms with Crippen LogP contribution in [0.5, 0.6) is 5.75 Å². The van der Waals surface area contributed by atoms with E-state index in [4.69, 9.17) is 16.3 Å².